The highest BCUT2D eigenvalue weighted by molar-refractivity contribution is 6.29. The average molecular weight is 240 g/mol. The Labute approximate surface area is 95.9 Å². The summed E-state index contributed by atoms with van der Waals surface area (Å²) in [5.41, 5.74) is 6.08. The monoisotopic (exact) mass is 239 g/mol. The number of anilines is 1. The Morgan fingerprint density at radius 1 is 1.25 bits per heavy atom. The van der Waals surface area contributed by atoms with Crippen molar-refractivity contribution in [3.05, 3.63) is 41.6 Å². The van der Waals surface area contributed by atoms with Gasteiger partial charge in [-0.1, -0.05) is 23.7 Å². The molecule has 0 saturated carbocycles. The molecule has 0 spiro atoms. The van der Waals surface area contributed by atoms with E-state index in [2.05, 4.69) is 9.97 Å². The van der Waals surface area contributed by atoms with E-state index in [0.29, 0.717) is 11.4 Å². The van der Waals surface area contributed by atoms with Crippen LogP contribution >= 0.6 is 11.6 Å². The molecule has 0 saturated heterocycles. The number of hydrogen-bond acceptors (Lipinski definition) is 4. The van der Waals surface area contributed by atoms with Crippen LogP contribution in [0, 0.1) is 6.08 Å². The molecular weight excluding hydrogens is 233 g/mol. The predicted molar refractivity (Wildman–Crippen MR) is 57.9 cm³/mol. The lowest BCUT2D eigenvalue weighted by atomic mass is 10.3. The van der Waals surface area contributed by atoms with Gasteiger partial charge in [0.2, 0.25) is 5.88 Å². The molecule has 0 aliphatic rings. The molecule has 1 aromatic heterocycles. The Hall–Kier alpha value is -1.88. The first kappa shape index (κ1) is 10.6. The van der Waals surface area contributed by atoms with Crippen molar-refractivity contribution in [1.29, 1.82) is 0 Å². The fourth-order valence-electron chi connectivity index (χ4n) is 1.11. The molecule has 4 nitrogen and oxygen atoms in total. The van der Waals surface area contributed by atoms with Crippen LogP contribution in [0.2, 0.25) is 5.15 Å². The van der Waals surface area contributed by atoms with E-state index in [-0.39, 0.29) is 11.0 Å². The lowest BCUT2D eigenvalue weighted by molar-refractivity contribution is 0.436. The zero-order valence-corrected chi connectivity index (χ0v) is 8.78. The summed E-state index contributed by atoms with van der Waals surface area (Å²) in [5.74, 6) is 0.395. The van der Waals surface area contributed by atoms with E-state index in [4.69, 9.17) is 22.1 Å². The number of nitrogens with zero attached hydrogens (tertiary/aromatic N) is 2. The number of halogens is 2. The van der Waals surface area contributed by atoms with Gasteiger partial charge >= 0.3 is 6.08 Å². The number of ether oxygens (including phenoxy) is 1. The van der Waals surface area contributed by atoms with Crippen molar-refractivity contribution >= 4 is 17.3 Å². The second-order valence-corrected chi connectivity index (χ2v) is 3.33. The van der Waals surface area contributed by atoms with Gasteiger partial charge in [-0.05, 0) is 12.1 Å². The number of para-hydroxylation sites is 2. The Balaban J connectivity index is 2.30. The van der Waals surface area contributed by atoms with E-state index in [1.54, 1.807) is 24.3 Å². The number of benzene rings is 1. The molecule has 2 aromatic rings. The SMILES string of the molecule is Nc1ccccc1Oc1cc(Cl)nc(F)n1. The Bertz CT molecular complexity index is 501. The van der Waals surface area contributed by atoms with Gasteiger partial charge in [-0.15, -0.1) is 0 Å². The maximum atomic E-state index is 12.8. The van der Waals surface area contributed by atoms with E-state index in [1.807, 2.05) is 0 Å². The number of nitrogens with two attached hydrogens (primary N) is 1. The van der Waals surface area contributed by atoms with Crippen LogP contribution in [0.4, 0.5) is 10.1 Å². The largest absolute Gasteiger partial charge is 0.437 e. The molecule has 0 fully saturated rings. The highest BCUT2D eigenvalue weighted by Crippen LogP contribution is 2.26. The van der Waals surface area contributed by atoms with Crippen molar-refractivity contribution in [3.8, 4) is 11.6 Å². The first-order chi connectivity index (χ1) is 7.65. The van der Waals surface area contributed by atoms with Gasteiger partial charge in [0.15, 0.2) is 5.75 Å². The van der Waals surface area contributed by atoms with Crippen LogP contribution in [0.15, 0.2) is 30.3 Å². The van der Waals surface area contributed by atoms with Gasteiger partial charge in [-0.3, -0.25) is 0 Å². The summed E-state index contributed by atoms with van der Waals surface area (Å²) in [4.78, 5) is 6.71. The Morgan fingerprint density at radius 3 is 2.69 bits per heavy atom. The minimum atomic E-state index is -0.947. The molecule has 82 valence electrons. The molecule has 0 unspecified atom stereocenters. The first-order valence-electron chi connectivity index (χ1n) is 4.37. The number of rotatable bonds is 2. The molecule has 2 N–H and O–H groups in total. The van der Waals surface area contributed by atoms with Crippen LogP contribution in [0.3, 0.4) is 0 Å². The molecule has 0 amide bonds. The van der Waals surface area contributed by atoms with Crippen molar-refractivity contribution in [2.24, 2.45) is 0 Å². The zero-order valence-electron chi connectivity index (χ0n) is 8.02. The quantitative estimate of drug-likeness (QED) is 0.497. The molecule has 1 aromatic carbocycles. The maximum absolute atomic E-state index is 12.8. The van der Waals surface area contributed by atoms with E-state index < -0.39 is 6.08 Å². The molecule has 16 heavy (non-hydrogen) atoms. The topological polar surface area (TPSA) is 61.0 Å². The molecule has 2 rings (SSSR count). The van der Waals surface area contributed by atoms with Crippen molar-refractivity contribution in [2.75, 3.05) is 5.73 Å². The van der Waals surface area contributed by atoms with Crippen LogP contribution in [-0.2, 0) is 0 Å². The zero-order chi connectivity index (χ0) is 11.5. The summed E-state index contributed by atoms with van der Waals surface area (Å²) in [6, 6.07) is 8.11. The van der Waals surface area contributed by atoms with E-state index in [1.165, 1.54) is 6.07 Å². The van der Waals surface area contributed by atoms with Crippen LogP contribution < -0.4 is 10.5 Å². The number of aromatic nitrogens is 2. The first-order valence-corrected chi connectivity index (χ1v) is 4.75. The number of hydrogen-bond donors (Lipinski definition) is 1. The highest BCUT2D eigenvalue weighted by Gasteiger charge is 2.06. The highest BCUT2D eigenvalue weighted by atomic mass is 35.5. The molecule has 0 radical (unpaired) electrons. The average Bonchev–Trinajstić information content (AvgIpc) is 2.20. The summed E-state index contributed by atoms with van der Waals surface area (Å²) in [6.07, 6.45) is -0.947. The second-order valence-electron chi connectivity index (χ2n) is 2.94. The standard InChI is InChI=1S/C10H7ClFN3O/c11-8-5-9(15-10(12)14-8)16-7-4-2-1-3-6(7)13/h1-5H,13H2. The van der Waals surface area contributed by atoms with Crippen molar-refractivity contribution in [1.82, 2.24) is 9.97 Å². The predicted octanol–water partition coefficient (Wildman–Crippen LogP) is 2.64. The number of nitrogen functional groups attached to an aromatic ring is 1. The smallest absolute Gasteiger partial charge is 0.313 e. The molecule has 0 bridgehead atoms. The van der Waals surface area contributed by atoms with Gasteiger partial charge in [0.25, 0.3) is 0 Å². The van der Waals surface area contributed by atoms with Crippen LogP contribution in [-0.4, -0.2) is 9.97 Å². The van der Waals surface area contributed by atoms with Gasteiger partial charge in [0.1, 0.15) is 5.15 Å². The summed E-state index contributed by atoms with van der Waals surface area (Å²) >= 11 is 5.55. The third-order valence-electron chi connectivity index (χ3n) is 1.78. The molecule has 0 aliphatic heterocycles. The fraction of sp³-hybridized carbons (Fsp3) is 0. The lowest BCUT2D eigenvalue weighted by Crippen LogP contribution is -1.96. The van der Waals surface area contributed by atoms with Crippen molar-refractivity contribution in [2.45, 2.75) is 0 Å². The van der Waals surface area contributed by atoms with Crippen LogP contribution in [0.5, 0.6) is 11.6 Å². The molecule has 0 atom stereocenters. The van der Waals surface area contributed by atoms with Gasteiger partial charge in [0, 0.05) is 6.07 Å². The summed E-state index contributed by atoms with van der Waals surface area (Å²) < 4.78 is 18.1. The molecular formula is C10H7ClFN3O. The summed E-state index contributed by atoms with van der Waals surface area (Å²) in [5, 5.41) is -0.0306. The van der Waals surface area contributed by atoms with E-state index >= 15 is 0 Å². The maximum Gasteiger partial charge on any atom is 0.313 e. The summed E-state index contributed by atoms with van der Waals surface area (Å²) in [7, 11) is 0. The van der Waals surface area contributed by atoms with Crippen molar-refractivity contribution < 1.29 is 9.13 Å². The third-order valence-corrected chi connectivity index (χ3v) is 1.97. The minimum Gasteiger partial charge on any atom is -0.437 e. The van der Waals surface area contributed by atoms with Gasteiger partial charge in [-0.25, -0.2) is 0 Å². The Kier molecular flexibility index (Phi) is 2.87. The fourth-order valence-corrected chi connectivity index (χ4v) is 1.27. The van der Waals surface area contributed by atoms with Gasteiger partial charge in [0.05, 0.1) is 5.69 Å². The van der Waals surface area contributed by atoms with Crippen LogP contribution in [0.1, 0.15) is 0 Å². The van der Waals surface area contributed by atoms with E-state index in [0.717, 1.165) is 0 Å². The van der Waals surface area contributed by atoms with E-state index in [9.17, 15) is 4.39 Å². The summed E-state index contributed by atoms with van der Waals surface area (Å²) in [6.45, 7) is 0. The molecule has 1 heterocycles. The molecule has 6 heteroatoms. The van der Waals surface area contributed by atoms with Crippen LogP contribution in [0.25, 0.3) is 0 Å². The minimum absolute atomic E-state index is 0.00963. The third kappa shape index (κ3) is 2.38. The van der Waals surface area contributed by atoms with Gasteiger partial charge < -0.3 is 10.5 Å². The Morgan fingerprint density at radius 2 is 2.00 bits per heavy atom. The normalized spacial score (nSPS) is 10.1. The lowest BCUT2D eigenvalue weighted by Gasteiger charge is -2.06. The van der Waals surface area contributed by atoms with Crippen molar-refractivity contribution in [3.63, 3.8) is 0 Å². The second kappa shape index (κ2) is 4.32. The molecule has 0 aliphatic carbocycles. The van der Waals surface area contributed by atoms with Gasteiger partial charge in [-0.2, -0.15) is 14.4 Å².